The van der Waals surface area contributed by atoms with Gasteiger partial charge in [0.25, 0.3) is 11.7 Å². The van der Waals surface area contributed by atoms with Crippen molar-refractivity contribution in [2.24, 2.45) is 0 Å². The van der Waals surface area contributed by atoms with Crippen LogP contribution in [0.1, 0.15) is 22.7 Å². The molecular formula is C26H23ClN2O3. The summed E-state index contributed by atoms with van der Waals surface area (Å²) in [4.78, 5) is 29.7. The molecule has 6 heteroatoms. The van der Waals surface area contributed by atoms with Gasteiger partial charge in [0, 0.05) is 36.9 Å². The largest absolute Gasteiger partial charge is 0.507 e. The van der Waals surface area contributed by atoms with Crippen LogP contribution in [-0.4, -0.2) is 35.8 Å². The van der Waals surface area contributed by atoms with Gasteiger partial charge in [0.05, 0.1) is 11.6 Å². The first kappa shape index (κ1) is 21.7. The molecular weight excluding hydrogens is 424 g/mol. The Kier molecular flexibility index (Phi) is 6.01. The van der Waals surface area contributed by atoms with E-state index in [1.54, 1.807) is 24.3 Å². The molecule has 1 unspecified atom stereocenters. The lowest BCUT2D eigenvalue weighted by molar-refractivity contribution is -0.140. The second kappa shape index (κ2) is 8.89. The molecule has 5 nitrogen and oxygen atoms in total. The van der Waals surface area contributed by atoms with Crippen molar-refractivity contribution in [3.8, 4) is 0 Å². The van der Waals surface area contributed by atoms with Crippen molar-refractivity contribution in [3.05, 3.63) is 106 Å². The number of rotatable bonds is 5. The van der Waals surface area contributed by atoms with Crippen molar-refractivity contribution in [1.82, 2.24) is 4.90 Å². The number of aliphatic hydroxyl groups is 1. The smallest absolute Gasteiger partial charge is 0.295 e. The van der Waals surface area contributed by atoms with Gasteiger partial charge in [-0.3, -0.25) is 9.59 Å². The van der Waals surface area contributed by atoms with Crippen LogP contribution in [0.4, 0.5) is 5.69 Å². The van der Waals surface area contributed by atoms with E-state index in [9.17, 15) is 14.7 Å². The minimum absolute atomic E-state index is 0.0749. The third-order valence-corrected chi connectivity index (χ3v) is 5.83. The van der Waals surface area contributed by atoms with Crippen LogP contribution in [0.3, 0.4) is 0 Å². The van der Waals surface area contributed by atoms with E-state index < -0.39 is 17.7 Å². The van der Waals surface area contributed by atoms with E-state index >= 15 is 0 Å². The monoisotopic (exact) mass is 446 g/mol. The van der Waals surface area contributed by atoms with Crippen molar-refractivity contribution in [3.63, 3.8) is 0 Å². The molecule has 1 atom stereocenters. The van der Waals surface area contributed by atoms with Crippen molar-refractivity contribution in [2.45, 2.75) is 12.6 Å². The Morgan fingerprint density at radius 1 is 0.938 bits per heavy atom. The molecule has 1 amide bonds. The number of aliphatic hydroxyl groups excluding tert-OH is 1. The van der Waals surface area contributed by atoms with Crippen molar-refractivity contribution < 1.29 is 14.7 Å². The maximum absolute atomic E-state index is 13.1. The summed E-state index contributed by atoms with van der Waals surface area (Å²) in [6.07, 6.45) is 0. The van der Waals surface area contributed by atoms with Crippen LogP contribution in [0.25, 0.3) is 5.76 Å². The maximum Gasteiger partial charge on any atom is 0.295 e. The third kappa shape index (κ3) is 4.12. The average Bonchev–Trinajstić information content (AvgIpc) is 3.05. The number of ketones is 1. The number of Topliss-reactive ketones (excluding diaryl/α,β-unsaturated/α-hetero) is 1. The van der Waals surface area contributed by atoms with E-state index in [4.69, 9.17) is 11.6 Å². The summed E-state index contributed by atoms with van der Waals surface area (Å²) in [5.41, 5.74) is 3.15. The number of carbonyl (C=O) groups excluding carboxylic acids is 2. The summed E-state index contributed by atoms with van der Waals surface area (Å²) >= 11 is 5.98. The maximum atomic E-state index is 13.1. The molecule has 0 bridgehead atoms. The van der Waals surface area contributed by atoms with Crippen LogP contribution in [0, 0.1) is 0 Å². The second-order valence-corrected chi connectivity index (χ2v) is 8.34. The number of hydrogen-bond donors (Lipinski definition) is 1. The SMILES string of the molecule is CN(C)c1ccc(C2/C(=C(\O)c3ccc(Cl)cc3)C(=O)C(=O)N2Cc2ccccc2)cc1. The molecule has 4 rings (SSSR count). The molecule has 0 spiro atoms. The summed E-state index contributed by atoms with van der Waals surface area (Å²) < 4.78 is 0. The van der Waals surface area contributed by atoms with Crippen LogP contribution in [0.2, 0.25) is 5.02 Å². The Labute approximate surface area is 192 Å². The Hall–Kier alpha value is -3.57. The summed E-state index contributed by atoms with van der Waals surface area (Å²) in [6.45, 7) is 0.253. The van der Waals surface area contributed by atoms with Crippen LogP contribution in [0.5, 0.6) is 0 Å². The number of carbonyl (C=O) groups is 2. The highest BCUT2D eigenvalue weighted by Crippen LogP contribution is 2.40. The van der Waals surface area contributed by atoms with Crippen LogP contribution in [-0.2, 0) is 16.1 Å². The lowest BCUT2D eigenvalue weighted by atomic mass is 9.95. The minimum Gasteiger partial charge on any atom is -0.507 e. The molecule has 1 heterocycles. The molecule has 1 saturated heterocycles. The number of nitrogens with zero attached hydrogens (tertiary/aromatic N) is 2. The van der Waals surface area contributed by atoms with Crippen LogP contribution in [0.15, 0.2) is 84.4 Å². The Morgan fingerprint density at radius 2 is 1.56 bits per heavy atom. The van der Waals surface area contributed by atoms with Gasteiger partial charge in [0.15, 0.2) is 0 Å². The van der Waals surface area contributed by atoms with E-state index in [2.05, 4.69) is 0 Å². The molecule has 0 aromatic heterocycles. The number of hydrogen-bond acceptors (Lipinski definition) is 4. The van der Waals surface area contributed by atoms with E-state index in [0.717, 1.165) is 16.8 Å². The van der Waals surface area contributed by atoms with Crippen LogP contribution >= 0.6 is 11.6 Å². The molecule has 32 heavy (non-hydrogen) atoms. The van der Waals surface area contributed by atoms with Crippen molar-refractivity contribution in [1.29, 1.82) is 0 Å². The number of benzene rings is 3. The second-order valence-electron chi connectivity index (χ2n) is 7.91. The standard InChI is InChI=1S/C26H23ClN2O3/c1-28(2)21-14-10-18(11-15-21)23-22(24(30)19-8-12-20(27)13-9-19)25(31)26(32)29(23)16-17-6-4-3-5-7-17/h3-15,23,30H,16H2,1-2H3/b24-22+. The van der Waals surface area contributed by atoms with Crippen LogP contribution < -0.4 is 4.90 Å². The summed E-state index contributed by atoms with van der Waals surface area (Å²) in [6, 6.07) is 23.0. The molecule has 3 aromatic rings. The summed E-state index contributed by atoms with van der Waals surface area (Å²) in [7, 11) is 3.88. The van der Waals surface area contributed by atoms with Gasteiger partial charge >= 0.3 is 0 Å². The van der Waals surface area contributed by atoms with Gasteiger partial charge in [0.2, 0.25) is 0 Å². The lowest BCUT2D eigenvalue weighted by Crippen LogP contribution is -2.29. The highest BCUT2D eigenvalue weighted by molar-refractivity contribution is 6.46. The van der Waals surface area contributed by atoms with Gasteiger partial charge in [-0.1, -0.05) is 54.1 Å². The highest BCUT2D eigenvalue weighted by atomic mass is 35.5. The van der Waals surface area contributed by atoms with E-state index in [1.165, 1.54) is 4.90 Å². The van der Waals surface area contributed by atoms with E-state index in [0.29, 0.717) is 10.6 Å². The van der Waals surface area contributed by atoms with Crippen molar-refractivity contribution in [2.75, 3.05) is 19.0 Å². The first-order chi connectivity index (χ1) is 15.4. The molecule has 0 radical (unpaired) electrons. The Balaban J connectivity index is 1.84. The third-order valence-electron chi connectivity index (χ3n) is 5.58. The molecule has 3 aromatic carbocycles. The molecule has 1 fully saturated rings. The molecule has 162 valence electrons. The Bertz CT molecular complexity index is 1170. The predicted molar refractivity (Wildman–Crippen MR) is 127 cm³/mol. The fraction of sp³-hybridized carbons (Fsp3) is 0.154. The predicted octanol–water partition coefficient (Wildman–Crippen LogP) is 5.03. The molecule has 1 aliphatic rings. The first-order valence-electron chi connectivity index (χ1n) is 10.2. The zero-order chi connectivity index (χ0) is 22.8. The van der Waals surface area contributed by atoms with E-state index in [-0.39, 0.29) is 17.9 Å². The number of halogens is 1. The highest BCUT2D eigenvalue weighted by Gasteiger charge is 2.46. The topological polar surface area (TPSA) is 60.9 Å². The average molecular weight is 447 g/mol. The van der Waals surface area contributed by atoms with Crippen molar-refractivity contribution >= 4 is 34.7 Å². The first-order valence-corrected chi connectivity index (χ1v) is 10.6. The summed E-state index contributed by atoms with van der Waals surface area (Å²) in [5, 5.41) is 11.6. The molecule has 1 aliphatic heterocycles. The van der Waals surface area contributed by atoms with Gasteiger partial charge in [-0.2, -0.15) is 0 Å². The minimum atomic E-state index is -0.706. The van der Waals surface area contributed by atoms with Gasteiger partial charge in [-0.15, -0.1) is 0 Å². The number of likely N-dealkylation sites (tertiary alicyclic amines) is 1. The van der Waals surface area contributed by atoms with E-state index in [1.807, 2.05) is 73.6 Å². The van der Waals surface area contributed by atoms with Gasteiger partial charge in [0.1, 0.15) is 5.76 Å². The zero-order valence-corrected chi connectivity index (χ0v) is 18.6. The van der Waals surface area contributed by atoms with Gasteiger partial charge < -0.3 is 14.9 Å². The normalized spacial score (nSPS) is 17.6. The van der Waals surface area contributed by atoms with Gasteiger partial charge in [-0.05, 0) is 47.5 Å². The molecule has 1 N–H and O–H groups in total. The number of amides is 1. The van der Waals surface area contributed by atoms with Gasteiger partial charge in [-0.25, -0.2) is 0 Å². The lowest BCUT2D eigenvalue weighted by Gasteiger charge is -2.26. The fourth-order valence-electron chi connectivity index (χ4n) is 3.89. The molecule has 0 saturated carbocycles. The number of anilines is 1. The molecule has 0 aliphatic carbocycles. The fourth-order valence-corrected chi connectivity index (χ4v) is 4.01. The Morgan fingerprint density at radius 3 is 2.16 bits per heavy atom. The quantitative estimate of drug-likeness (QED) is 0.339. The zero-order valence-electron chi connectivity index (χ0n) is 17.8. The summed E-state index contributed by atoms with van der Waals surface area (Å²) in [5.74, 6) is -1.54.